The Morgan fingerprint density at radius 1 is 1.35 bits per heavy atom. The maximum absolute atomic E-state index is 8.73. The summed E-state index contributed by atoms with van der Waals surface area (Å²) in [6, 6.07) is 6.30. The van der Waals surface area contributed by atoms with E-state index in [9.17, 15) is 0 Å². The van der Waals surface area contributed by atoms with Crippen molar-refractivity contribution in [1.82, 2.24) is 14.9 Å². The predicted octanol–water partition coefficient (Wildman–Crippen LogP) is 1.77. The summed E-state index contributed by atoms with van der Waals surface area (Å²) in [5.74, 6) is 0. The molecule has 0 saturated heterocycles. The lowest BCUT2D eigenvalue weighted by Crippen LogP contribution is -2.19. The van der Waals surface area contributed by atoms with Gasteiger partial charge in [0.25, 0.3) is 0 Å². The first-order chi connectivity index (χ1) is 8.29. The number of benzene rings is 1. The molecule has 2 rings (SSSR count). The van der Waals surface area contributed by atoms with Gasteiger partial charge in [0.2, 0.25) is 0 Å². The van der Waals surface area contributed by atoms with Crippen LogP contribution in [0.15, 0.2) is 24.5 Å². The van der Waals surface area contributed by atoms with Gasteiger partial charge in [-0.05, 0) is 44.1 Å². The number of aromatic amines is 1. The van der Waals surface area contributed by atoms with Crippen LogP contribution in [0.25, 0.3) is 11.0 Å². The molecule has 1 aromatic heterocycles. The molecule has 0 aliphatic heterocycles. The van der Waals surface area contributed by atoms with Crippen molar-refractivity contribution >= 4 is 11.0 Å². The van der Waals surface area contributed by atoms with Gasteiger partial charge in [-0.15, -0.1) is 0 Å². The Labute approximate surface area is 101 Å². The molecule has 0 fully saturated rings. The summed E-state index contributed by atoms with van der Waals surface area (Å²) in [7, 11) is 2.11. The summed E-state index contributed by atoms with van der Waals surface area (Å²) >= 11 is 0. The Morgan fingerprint density at radius 3 is 3.06 bits per heavy atom. The number of aliphatic hydroxyl groups is 1. The van der Waals surface area contributed by atoms with E-state index in [-0.39, 0.29) is 6.61 Å². The summed E-state index contributed by atoms with van der Waals surface area (Å²) in [5, 5.41) is 8.73. The van der Waals surface area contributed by atoms with Crippen molar-refractivity contribution in [2.75, 3.05) is 20.2 Å². The number of nitrogens with one attached hydrogen (secondary N) is 1. The van der Waals surface area contributed by atoms with Gasteiger partial charge < -0.3 is 15.0 Å². The molecule has 4 heteroatoms. The number of fused-ring (bicyclic) bond motifs is 1. The van der Waals surface area contributed by atoms with Gasteiger partial charge in [0, 0.05) is 13.2 Å². The highest BCUT2D eigenvalue weighted by Gasteiger charge is 2.02. The first kappa shape index (κ1) is 12.1. The summed E-state index contributed by atoms with van der Waals surface area (Å²) in [4.78, 5) is 9.60. The standard InChI is InChI=1S/C13H19N3O/c1-16(6-2-3-7-17)9-11-4-5-12-13(8-11)15-10-14-12/h4-5,8,10,17H,2-3,6-7,9H2,1H3,(H,14,15). The van der Waals surface area contributed by atoms with E-state index in [0.717, 1.165) is 37.0 Å². The number of aromatic nitrogens is 2. The third kappa shape index (κ3) is 3.28. The van der Waals surface area contributed by atoms with Crippen LogP contribution in [-0.2, 0) is 6.54 Å². The maximum atomic E-state index is 8.73. The fourth-order valence-corrected chi connectivity index (χ4v) is 1.97. The van der Waals surface area contributed by atoms with Gasteiger partial charge in [-0.1, -0.05) is 6.07 Å². The number of hydrogen-bond donors (Lipinski definition) is 2. The quantitative estimate of drug-likeness (QED) is 0.748. The zero-order valence-corrected chi connectivity index (χ0v) is 10.2. The van der Waals surface area contributed by atoms with Crippen molar-refractivity contribution in [3.05, 3.63) is 30.1 Å². The highest BCUT2D eigenvalue weighted by atomic mass is 16.2. The molecule has 2 aromatic rings. The monoisotopic (exact) mass is 233 g/mol. The minimum Gasteiger partial charge on any atom is -0.396 e. The van der Waals surface area contributed by atoms with Crippen LogP contribution >= 0.6 is 0 Å². The number of hydrogen-bond acceptors (Lipinski definition) is 3. The fourth-order valence-electron chi connectivity index (χ4n) is 1.97. The third-order valence-corrected chi connectivity index (χ3v) is 2.89. The van der Waals surface area contributed by atoms with Gasteiger partial charge in [0.05, 0.1) is 17.4 Å². The van der Waals surface area contributed by atoms with E-state index in [1.165, 1.54) is 5.56 Å². The molecular formula is C13H19N3O. The van der Waals surface area contributed by atoms with E-state index >= 15 is 0 Å². The number of nitrogens with zero attached hydrogens (tertiary/aromatic N) is 2. The van der Waals surface area contributed by atoms with Crippen LogP contribution in [0, 0.1) is 0 Å². The lowest BCUT2D eigenvalue weighted by Gasteiger charge is -2.16. The molecule has 17 heavy (non-hydrogen) atoms. The van der Waals surface area contributed by atoms with Gasteiger partial charge in [-0.25, -0.2) is 4.98 Å². The molecular weight excluding hydrogens is 214 g/mol. The molecule has 0 saturated carbocycles. The zero-order chi connectivity index (χ0) is 12.1. The fraction of sp³-hybridized carbons (Fsp3) is 0.462. The zero-order valence-electron chi connectivity index (χ0n) is 10.2. The van der Waals surface area contributed by atoms with E-state index in [4.69, 9.17) is 5.11 Å². The lowest BCUT2D eigenvalue weighted by atomic mass is 10.2. The second-order valence-electron chi connectivity index (χ2n) is 4.42. The van der Waals surface area contributed by atoms with Gasteiger partial charge in [0.15, 0.2) is 0 Å². The van der Waals surface area contributed by atoms with Crippen LogP contribution in [0.3, 0.4) is 0 Å². The predicted molar refractivity (Wildman–Crippen MR) is 68.7 cm³/mol. The molecule has 0 radical (unpaired) electrons. The second-order valence-corrected chi connectivity index (χ2v) is 4.42. The molecule has 0 atom stereocenters. The van der Waals surface area contributed by atoms with E-state index in [2.05, 4.69) is 34.0 Å². The smallest absolute Gasteiger partial charge is 0.0931 e. The van der Waals surface area contributed by atoms with Gasteiger partial charge in [-0.2, -0.15) is 0 Å². The van der Waals surface area contributed by atoms with Crippen molar-refractivity contribution in [1.29, 1.82) is 0 Å². The number of rotatable bonds is 6. The van der Waals surface area contributed by atoms with Crippen LogP contribution in [0.1, 0.15) is 18.4 Å². The van der Waals surface area contributed by atoms with Crippen LogP contribution in [0.2, 0.25) is 0 Å². The molecule has 0 amide bonds. The molecule has 0 bridgehead atoms. The minimum absolute atomic E-state index is 0.286. The summed E-state index contributed by atoms with van der Waals surface area (Å²) < 4.78 is 0. The van der Waals surface area contributed by atoms with E-state index in [1.54, 1.807) is 6.33 Å². The number of H-pyrrole nitrogens is 1. The Balaban J connectivity index is 1.93. The van der Waals surface area contributed by atoms with Crippen LogP contribution in [-0.4, -0.2) is 40.2 Å². The van der Waals surface area contributed by atoms with Crippen molar-refractivity contribution < 1.29 is 5.11 Å². The molecule has 92 valence electrons. The lowest BCUT2D eigenvalue weighted by molar-refractivity contribution is 0.261. The third-order valence-electron chi connectivity index (χ3n) is 2.89. The molecule has 1 aromatic carbocycles. The summed E-state index contributed by atoms with van der Waals surface area (Å²) in [5.41, 5.74) is 3.39. The second kappa shape index (κ2) is 5.80. The Morgan fingerprint density at radius 2 is 2.24 bits per heavy atom. The van der Waals surface area contributed by atoms with Crippen LogP contribution in [0.4, 0.5) is 0 Å². The Bertz CT molecular complexity index is 466. The van der Waals surface area contributed by atoms with Crippen molar-refractivity contribution in [2.24, 2.45) is 0 Å². The number of aliphatic hydroxyl groups excluding tert-OH is 1. The van der Waals surface area contributed by atoms with Crippen LogP contribution in [0.5, 0.6) is 0 Å². The molecule has 2 N–H and O–H groups in total. The molecule has 0 aliphatic rings. The topological polar surface area (TPSA) is 52.1 Å². The minimum atomic E-state index is 0.286. The number of unbranched alkanes of at least 4 members (excludes halogenated alkanes) is 1. The van der Waals surface area contributed by atoms with Crippen molar-refractivity contribution in [3.8, 4) is 0 Å². The molecule has 1 heterocycles. The normalized spacial score (nSPS) is 11.5. The largest absolute Gasteiger partial charge is 0.396 e. The SMILES string of the molecule is CN(CCCCO)Cc1ccc2nc[nH]c2c1. The molecule has 0 spiro atoms. The average molecular weight is 233 g/mol. The van der Waals surface area contributed by atoms with E-state index in [0.29, 0.717) is 0 Å². The molecule has 4 nitrogen and oxygen atoms in total. The number of imidazole rings is 1. The highest BCUT2D eigenvalue weighted by Crippen LogP contribution is 2.13. The van der Waals surface area contributed by atoms with Gasteiger partial charge in [0.1, 0.15) is 0 Å². The average Bonchev–Trinajstić information content (AvgIpc) is 2.76. The first-order valence-corrected chi connectivity index (χ1v) is 6.01. The van der Waals surface area contributed by atoms with Gasteiger partial charge >= 0.3 is 0 Å². The van der Waals surface area contributed by atoms with Crippen molar-refractivity contribution in [2.45, 2.75) is 19.4 Å². The van der Waals surface area contributed by atoms with E-state index < -0.39 is 0 Å². The van der Waals surface area contributed by atoms with E-state index in [1.807, 2.05) is 6.07 Å². The first-order valence-electron chi connectivity index (χ1n) is 6.01. The summed E-state index contributed by atoms with van der Waals surface area (Å²) in [6.45, 7) is 2.23. The van der Waals surface area contributed by atoms with Gasteiger partial charge in [-0.3, -0.25) is 0 Å². The molecule has 0 aliphatic carbocycles. The summed E-state index contributed by atoms with van der Waals surface area (Å²) in [6.07, 6.45) is 3.64. The van der Waals surface area contributed by atoms with Crippen molar-refractivity contribution in [3.63, 3.8) is 0 Å². The Kier molecular flexibility index (Phi) is 4.12. The Hall–Kier alpha value is -1.39. The van der Waals surface area contributed by atoms with Crippen LogP contribution < -0.4 is 0 Å². The molecule has 0 unspecified atom stereocenters. The highest BCUT2D eigenvalue weighted by molar-refractivity contribution is 5.74. The maximum Gasteiger partial charge on any atom is 0.0931 e.